The zero-order valence-corrected chi connectivity index (χ0v) is 11.2. The van der Waals surface area contributed by atoms with Gasteiger partial charge in [0.2, 0.25) is 5.91 Å². The number of nitrogens with zero attached hydrogens (tertiary/aromatic N) is 1. The normalized spacial score (nSPS) is 15.3. The molecule has 1 aliphatic heterocycles. The third-order valence-electron chi connectivity index (χ3n) is 2.71. The molecule has 0 aromatic heterocycles. The van der Waals surface area contributed by atoms with Crippen LogP contribution in [0.1, 0.15) is 6.92 Å². The van der Waals surface area contributed by atoms with Gasteiger partial charge in [0.1, 0.15) is 5.75 Å². The summed E-state index contributed by atoms with van der Waals surface area (Å²) in [5, 5.41) is 9.12. The van der Waals surface area contributed by atoms with Crippen molar-refractivity contribution in [2.45, 2.75) is 17.9 Å². The third-order valence-corrected chi connectivity index (χ3v) is 3.71. The van der Waals surface area contributed by atoms with Gasteiger partial charge in [-0.25, -0.2) is 0 Å². The number of likely N-dealkylation sites (tertiary alicyclic amines) is 1. The summed E-state index contributed by atoms with van der Waals surface area (Å²) in [6.45, 7) is 3.55. The first kappa shape index (κ1) is 13.2. The van der Waals surface area contributed by atoms with Gasteiger partial charge in [0, 0.05) is 18.0 Å². The molecule has 18 heavy (non-hydrogen) atoms. The van der Waals surface area contributed by atoms with E-state index in [4.69, 9.17) is 9.84 Å². The molecule has 4 nitrogen and oxygen atoms in total. The molecule has 5 heteroatoms. The van der Waals surface area contributed by atoms with E-state index in [-0.39, 0.29) is 12.0 Å². The Morgan fingerprint density at radius 3 is 2.67 bits per heavy atom. The maximum atomic E-state index is 11.7. The average molecular weight is 267 g/mol. The summed E-state index contributed by atoms with van der Waals surface area (Å²) >= 11 is 1.51. The van der Waals surface area contributed by atoms with E-state index in [1.54, 1.807) is 4.90 Å². The SMILES string of the molecule is CCOc1ccc(SCC(=O)N2CC(O)C2)cc1. The lowest BCUT2D eigenvalue weighted by molar-refractivity contribution is -0.138. The lowest BCUT2D eigenvalue weighted by Crippen LogP contribution is -2.54. The van der Waals surface area contributed by atoms with Crippen molar-refractivity contribution < 1.29 is 14.6 Å². The minimum absolute atomic E-state index is 0.0826. The quantitative estimate of drug-likeness (QED) is 0.819. The van der Waals surface area contributed by atoms with Crippen LogP contribution in [0.15, 0.2) is 29.2 Å². The van der Waals surface area contributed by atoms with Crippen molar-refractivity contribution in [2.75, 3.05) is 25.4 Å². The smallest absolute Gasteiger partial charge is 0.233 e. The monoisotopic (exact) mass is 267 g/mol. The molecular weight excluding hydrogens is 250 g/mol. The van der Waals surface area contributed by atoms with Crippen molar-refractivity contribution in [3.63, 3.8) is 0 Å². The largest absolute Gasteiger partial charge is 0.494 e. The van der Waals surface area contributed by atoms with Crippen molar-refractivity contribution in [3.8, 4) is 5.75 Å². The molecule has 1 heterocycles. The molecule has 2 rings (SSSR count). The van der Waals surface area contributed by atoms with E-state index in [1.165, 1.54) is 11.8 Å². The van der Waals surface area contributed by atoms with Crippen LogP contribution in [0.25, 0.3) is 0 Å². The Hall–Kier alpha value is -1.20. The number of aliphatic hydroxyl groups is 1. The van der Waals surface area contributed by atoms with E-state index in [0.717, 1.165) is 10.6 Å². The Bertz CT molecular complexity index is 401. The number of thioether (sulfide) groups is 1. The van der Waals surface area contributed by atoms with Crippen molar-refractivity contribution in [3.05, 3.63) is 24.3 Å². The van der Waals surface area contributed by atoms with Gasteiger partial charge in [0.15, 0.2) is 0 Å². The molecule has 1 aliphatic rings. The summed E-state index contributed by atoms with van der Waals surface area (Å²) in [5.41, 5.74) is 0. The summed E-state index contributed by atoms with van der Waals surface area (Å²) < 4.78 is 5.35. The van der Waals surface area contributed by atoms with Crippen LogP contribution in [0.5, 0.6) is 5.75 Å². The molecule has 0 unspecified atom stereocenters. The third kappa shape index (κ3) is 3.40. The van der Waals surface area contributed by atoms with Crippen molar-refractivity contribution in [1.82, 2.24) is 4.90 Å². The highest BCUT2D eigenvalue weighted by Gasteiger charge is 2.28. The molecule has 98 valence electrons. The first-order valence-electron chi connectivity index (χ1n) is 6.00. The van der Waals surface area contributed by atoms with Crippen LogP contribution in [0.4, 0.5) is 0 Å². The van der Waals surface area contributed by atoms with E-state index in [9.17, 15) is 4.79 Å². The van der Waals surface area contributed by atoms with E-state index in [1.807, 2.05) is 31.2 Å². The zero-order valence-electron chi connectivity index (χ0n) is 10.3. The summed E-state index contributed by atoms with van der Waals surface area (Å²) in [6.07, 6.45) is -0.329. The zero-order chi connectivity index (χ0) is 13.0. The Labute approximate surface area is 111 Å². The number of carbonyl (C=O) groups excluding carboxylic acids is 1. The Morgan fingerprint density at radius 2 is 2.11 bits per heavy atom. The minimum atomic E-state index is -0.329. The Balaban J connectivity index is 1.77. The molecule has 0 atom stereocenters. The standard InChI is InChI=1S/C13H17NO3S/c1-2-17-11-3-5-12(6-4-11)18-9-13(16)14-7-10(15)8-14/h3-6,10,15H,2,7-9H2,1H3. The highest BCUT2D eigenvalue weighted by atomic mass is 32.2. The fourth-order valence-corrected chi connectivity index (χ4v) is 2.50. The van der Waals surface area contributed by atoms with Crippen LogP contribution in [-0.2, 0) is 4.79 Å². The van der Waals surface area contributed by atoms with E-state index >= 15 is 0 Å². The van der Waals surface area contributed by atoms with Gasteiger partial charge in [-0.2, -0.15) is 0 Å². The molecule has 0 aliphatic carbocycles. The number of β-amino-alcohol motifs (C(OH)–C–C–N with tert-alkyl or cyclic N) is 1. The molecule has 0 radical (unpaired) electrons. The van der Waals surface area contributed by atoms with Crippen LogP contribution in [0.2, 0.25) is 0 Å². The molecule has 1 N–H and O–H groups in total. The van der Waals surface area contributed by atoms with Crippen LogP contribution in [0, 0.1) is 0 Å². The molecule has 1 amide bonds. The molecule has 1 fully saturated rings. The van der Waals surface area contributed by atoms with Gasteiger partial charge in [-0.3, -0.25) is 4.79 Å². The van der Waals surface area contributed by atoms with E-state index in [0.29, 0.717) is 25.4 Å². The molecule has 1 aromatic carbocycles. The Morgan fingerprint density at radius 1 is 1.44 bits per heavy atom. The summed E-state index contributed by atoms with van der Waals surface area (Å²) in [4.78, 5) is 14.4. The lowest BCUT2D eigenvalue weighted by atomic mass is 10.2. The number of hydrogen-bond acceptors (Lipinski definition) is 4. The predicted molar refractivity (Wildman–Crippen MR) is 70.9 cm³/mol. The first-order chi connectivity index (χ1) is 8.69. The van der Waals surface area contributed by atoms with Crippen LogP contribution >= 0.6 is 11.8 Å². The van der Waals surface area contributed by atoms with E-state index in [2.05, 4.69) is 0 Å². The molecule has 0 spiro atoms. The highest BCUT2D eigenvalue weighted by molar-refractivity contribution is 8.00. The highest BCUT2D eigenvalue weighted by Crippen LogP contribution is 2.22. The number of ether oxygens (including phenoxy) is 1. The van der Waals surface area contributed by atoms with Gasteiger partial charge in [-0.15, -0.1) is 11.8 Å². The van der Waals surface area contributed by atoms with Crippen molar-refractivity contribution >= 4 is 17.7 Å². The second kappa shape index (κ2) is 6.11. The fraction of sp³-hybridized carbons (Fsp3) is 0.462. The number of carbonyl (C=O) groups is 1. The fourth-order valence-electron chi connectivity index (χ4n) is 1.69. The van der Waals surface area contributed by atoms with Gasteiger partial charge in [-0.05, 0) is 31.2 Å². The molecule has 0 bridgehead atoms. The topological polar surface area (TPSA) is 49.8 Å². The molecule has 0 saturated carbocycles. The predicted octanol–water partition coefficient (Wildman–Crippen LogP) is 1.38. The number of rotatable bonds is 5. The number of amides is 1. The van der Waals surface area contributed by atoms with Gasteiger partial charge >= 0.3 is 0 Å². The average Bonchev–Trinajstić information content (AvgIpc) is 2.34. The van der Waals surface area contributed by atoms with Gasteiger partial charge in [0.25, 0.3) is 0 Å². The summed E-state index contributed by atoms with van der Waals surface area (Å²) in [5.74, 6) is 1.35. The van der Waals surface area contributed by atoms with Crippen LogP contribution < -0.4 is 4.74 Å². The van der Waals surface area contributed by atoms with Crippen molar-refractivity contribution in [1.29, 1.82) is 0 Å². The van der Waals surface area contributed by atoms with Gasteiger partial charge in [-0.1, -0.05) is 0 Å². The van der Waals surface area contributed by atoms with Gasteiger partial charge < -0.3 is 14.7 Å². The van der Waals surface area contributed by atoms with Crippen LogP contribution in [-0.4, -0.2) is 47.5 Å². The second-order valence-electron chi connectivity index (χ2n) is 4.15. The minimum Gasteiger partial charge on any atom is -0.494 e. The summed E-state index contributed by atoms with van der Waals surface area (Å²) in [6, 6.07) is 7.72. The first-order valence-corrected chi connectivity index (χ1v) is 6.99. The number of benzene rings is 1. The van der Waals surface area contributed by atoms with Crippen molar-refractivity contribution in [2.24, 2.45) is 0 Å². The maximum Gasteiger partial charge on any atom is 0.233 e. The molecule has 1 aromatic rings. The number of aliphatic hydroxyl groups excluding tert-OH is 1. The van der Waals surface area contributed by atoms with Crippen LogP contribution in [0.3, 0.4) is 0 Å². The van der Waals surface area contributed by atoms with Gasteiger partial charge in [0.05, 0.1) is 18.5 Å². The lowest BCUT2D eigenvalue weighted by Gasteiger charge is -2.35. The number of hydrogen-bond donors (Lipinski definition) is 1. The second-order valence-corrected chi connectivity index (χ2v) is 5.19. The maximum absolute atomic E-state index is 11.7. The Kier molecular flexibility index (Phi) is 4.49. The molecular formula is C13H17NO3S. The van der Waals surface area contributed by atoms with E-state index < -0.39 is 0 Å². The summed E-state index contributed by atoms with van der Waals surface area (Å²) in [7, 11) is 0. The molecule has 1 saturated heterocycles.